The molecule has 2 unspecified atom stereocenters. The van der Waals surface area contributed by atoms with Crippen LogP contribution in [0.25, 0.3) is 0 Å². The third-order valence-electron chi connectivity index (χ3n) is 5.19. The van der Waals surface area contributed by atoms with Crippen LogP contribution in [0.1, 0.15) is 11.6 Å². The van der Waals surface area contributed by atoms with Crippen LogP contribution in [0.4, 0.5) is 17.1 Å². The lowest BCUT2D eigenvalue weighted by atomic mass is 9.93. The number of para-hydroxylation sites is 1. The number of nitro groups is 1. The number of fused-ring (bicyclic) bond motifs is 3. The van der Waals surface area contributed by atoms with E-state index < -0.39 is 10.8 Å². The molecule has 0 bridgehead atoms. The van der Waals surface area contributed by atoms with E-state index in [0.717, 1.165) is 11.3 Å². The lowest BCUT2D eigenvalue weighted by Crippen LogP contribution is -2.49. The number of benzene rings is 2. The van der Waals surface area contributed by atoms with Gasteiger partial charge in [-0.2, -0.15) is 0 Å². The molecule has 2 aromatic rings. The van der Waals surface area contributed by atoms with Gasteiger partial charge in [-0.05, 0) is 24.3 Å². The second kappa shape index (κ2) is 6.38. The van der Waals surface area contributed by atoms with Crippen molar-refractivity contribution in [3.05, 3.63) is 75.9 Å². The molecule has 2 atom stereocenters. The average molecular weight is 379 g/mol. The zero-order valence-electron chi connectivity index (χ0n) is 14.9. The number of likely N-dealkylation sites (N-methyl/N-ethyl adjacent to an activating group) is 1. The predicted molar refractivity (Wildman–Crippen MR) is 103 cm³/mol. The first kappa shape index (κ1) is 17.5. The number of rotatable bonds is 3. The van der Waals surface area contributed by atoms with Gasteiger partial charge in [-0.3, -0.25) is 19.8 Å². The van der Waals surface area contributed by atoms with Gasteiger partial charge >= 0.3 is 0 Å². The second-order valence-electron chi connectivity index (χ2n) is 6.62. The molecule has 0 radical (unpaired) electrons. The van der Waals surface area contributed by atoms with Crippen LogP contribution in [0.5, 0.6) is 0 Å². The topological polar surface area (TPSA) is 125 Å². The summed E-state index contributed by atoms with van der Waals surface area (Å²) in [5, 5.41) is 23.1. The normalized spacial score (nSPS) is 21.2. The van der Waals surface area contributed by atoms with E-state index in [1.165, 1.54) is 24.3 Å². The minimum Gasteiger partial charge on any atom is -0.409 e. The van der Waals surface area contributed by atoms with Crippen LogP contribution >= 0.6 is 0 Å². The number of non-ortho nitro benzene ring substituents is 1. The number of nitrogens with zero attached hydrogens (tertiary/aromatic N) is 4. The fourth-order valence-electron chi connectivity index (χ4n) is 3.87. The van der Waals surface area contributed by atoms with Crippen molar-refractivity contribution in [2.24, 2.45) is 10.9 Å². The van der Waals surface area contributed by atoms with Crippen LogP contribution in [0, 0.1) is 10.1 Å². The molecule has 2 heterocycles. The highest BCUT2D eigenvalue weighted by Crippen LogP contribution is 2.47. The van der Waals surface area contributed by atoms with E-state index >= 15 is 0 Å². The van der Waals surface area contributed by atoms with Crippen molar-refractivity contribution in [1.29, 1.82) is 0 Å². The van der Waals surface area contributed by atoms with E-state index in [9.17, 15) is 14.9 Å². The van der Waals surface area contributed by atoms with Crippen LogP contribution in [0.3, 0.4) is 0 Å². The van der Waals surface area contributed by atoms with Crippen molar-refractivity contribution in [3.63, 3.8) is 0 Å². The number of carbonyl (C=O) groups excluding carboxylic acids is 1. The number of amides is 1. The summed E-state index contributed by atoms with van der Waals surface area (Å²) in [7, 11) is 1.91. The van der Waals surface area contributed by atoms with E-state index in [2.05, 4.69) is 5.16 Å². The molecule has 28 heavy (non-hydrogen) atoms. The zero-order chi connectivity index (χ0) is 20.0. The molecule has 0 aromatic heterocycles. The number of nitrogens with two attached hydrogens (primary N) is 1. The summed E-state index contributed by atoms with van der Waals surface area (Å²) in [4.78, 5) is 27.3. The Bertz CT molecular complexity index is 1030. The average Bonchev–Trinajstić information content (AvgIpc) is 2.99. The van der Waals surface area contributed by atoms with E-state index in [1.54, 1.807) is 11.0 Å². The maximum atomic E-state index is 13.2. The molecule has 0 saturated heterocycles. The zero-order valence-corrected chi connectivity index (χ0v) is 14.9. The fourth-order valence-corrected chi connectivity index (χ4v) is 3.87. The molecule has 142 valence electrons. The highest BCUT2D eigenvalue weighted by molar-refractivity contribution is 6.26. The largest absolute Gasteiger partial charge is 0.409 e. The van der Waals surface area contributed by atoms with Gasteiger partial charge in [0.05, 0.1) is 22.6 Å². The standard InChI is InChI=1S/C19H17N5O4/c1-22-15-5-3-2-4-13(15)17-16(22)10-14(18(20)21-26)19(25)23(17)11-6-8-12(9-7-11)24(27)28/h2-10,16-17,26H,1H3,(H2,20,21). The fraction of sp³-hybridized carbons (Fsp3) is 0.158. The molecule has 0 saturated carbocycles. The molecule has 9 heteroatoms. The summed E-state index contributed by atoms with van der Waals surface area (Å²) in [6.45, 7) is 0. The number of carbonyl (C=O) groups is 1. The minimum atomic E-state index is -0.495. The molecule has 2 aromatic carbocycles. The maximum absolute atomic E-state index is 13.2. The van der Waals surface area contributed by atoms with Crippen molar-refractivity contribution in [3.8, 4) is 0 Å². The van der Waals surface area contributed by atoms with E-state index in [0.29, 0.717) is 5.69 Å². The highest BCUT2D eigenvalue weighted by atomic mass is 16.6. The summed E-state index contributed by atoms with van der Waals surface area (Å²) in [6, 6.07) is 12.9. The third kappa shape index (κ3) is 2.48. The summed E-state index contributed by atoms with van der Waals surface area (Å²) >= 11 is 0. The quantitative estimate of drug-likeness (QED) is 0.277. The summed E-state index contributed by atoms with van der Waals surface area (Å²) in [5.74, 6) is -0.713. The Hall–Kier alpha value is -3.88. The number of hydrogen-bond donors (Lipinski definition) is 2. The number of anilines is 2. The van der Waals surface area contributed by atoms with Gasteiger partial charge in [-0.1, -0.05) is 23.4 Å². The van der Waals surface area contributed by atoms with Crippen molar-refractivity contribution in [2.45, 2.75) is 12.1 Å². The summed E-state index contributed by atoms with van der Waals surface area (Å²) in [5.41, 5.74) is 8.18. The molecular formula is C19H17N5O4. The number of hydrogen-bond acceptors (Lipinski definition) is 6. The Morgan fingerprint density at radius 3 is 2.54 bits per heavy atom. The Morgan fingerprint density at radius 2 is 1.89 bits per heavy atom. The smallest absolute Gasteiger partial charge is 0.269 e. The van der Waals surface area contributed by atoms with Gasteiger partial charge in [0.2, 0.25) is 0 Å². The van der Waals surface area contributed by atoms with Gasteiger partial charge in [0.25, 0.3) is 11.6 Å². The molecule has 9 nitrogen and oxygen atoms in total. The lowest BCUT2D eigenvalue weighted by molar-refractivity contribution is -0.384. The molecule has 0 spiro atoms. The summed E-state index contributed by atoms with van der Waals surface area (Å²) in [6.07, 6.45) is 1.70. The number of nitro benzene ring substituents is 1. The molecule has 4 rings (SSSR count). The third-order valence-corrected chi connectivity index (χ3v) is 5.19. The molecule has 0 aliphatic carbocycles. The molecular weight excluding hydrogens is 362 g/mol. The van der Waals surface area contributed by atoms with E-state index in [1.807, 2.05) is 36.2 Å². The van der Waals surface area contributed by atoms with Crippen molar-refractivity contribution < 1.29 is 14.9 Å². The molecule has 0 fully saturated rings. The van der Waals surface area contributed by atoms with Gasteiger partial charge in [0.15, 0.2) is 5.84 Å². The lowest BCUT2D eigenvalue weighted by Gasteiger charge is -2.38. The first-order valence-electron chi connectivity index (χ1n) is 8.53. The van der Waals surface area contributed by atoms with Gasteiger partial charge in [-0.15, -0.1) is 0 Å². The van der Waals surface area contributed by atoms with Crippen LogP contribution < -0.4 is 15.5 Å². The van der Waals surface area contributed by atoms with Crippen molar-refractivity contribution >= 4 is 28.8 Å². The summed E-state index contributed by atoms with van der Waals surface area (Å²) < 4.78 is 0. The molecule has 3 N–H and O–H groups in total. The molecule has 1 amide bonds. The van der Waals surface area contributed by atoms with Crippen LogP contribution in [0.15, 0.2) is 65.3 Å². The Balaban J connectivity index is 1.89. The van der Waals surface area contributed by atoms with Gasteiger partial charge in [-0.25, -0.2) is 0 Å². The number of amidine groups is 1. The second-order valence-corrected chi connectivity index (χ2v) is 6.62. The first-order chi connectivity index (χ1) is 13.4. The van der Waals surface area contributed by atoms with Crippen molar-refractivity contribution in [1.82, 2.24) is 0 Å². The van der Waals surface area contributed by atoms with Gasteiger partial charge in [0.1, 0.15) is 0 Å². The monoisotopic (exact) mass is 379 g/mol. The number of oxime groups is 1. The SMILES string of the molecule is CN1c2ccccc2C2C1C=C(/C(N)=N/O)C(=O)N2c1ccc([N+](=O)[O-])cc1. The Labute approximate surface area is 160 Å². The Kier molecular flexibility index (Phi) is 3.99. The minimum absolute atomic E-state index is 0.0686. The van der Waals surface area contributed by atoms with Gasteiger partial charge in [0, 0.05) is 36.1 Å². The molecule has 2 aliphatic heterocycles. The predicted octanol–water partition coefficient (Wildman–Crippen LogP) is 2.17. The maximum Gasteiger partial charge on any atom is 0.269 e. The highest BCUT2D eigenvalue weighted by Gasteiger charge is 2.46. The van der Waals surface area contributed by atoms with Crippen LogP contribution in [0.2, 0.25) is 0 Å². The first-order valence-corrected chi connectivity index (χ1v) is 8.53. The van der Waals surface area contributed by atoms with Crippen LogP contribution in [-0.4, -0.2) is 35.0 Å². The van der Waals surface area contributed by atoms with E-state index in [4.69, 9.17) is 10.9 Å². The van der Waals surface area contributed by atoms with Gasteiger partial charge < -0.3 is 15.8 Å². The van der Waals surface area contributed by atoms with Crippen LogP contribution in [-0.2, 0) is 4.79 Å². The van der Waals surface area contributed by atoms with E-state index in [-0.39, 0.29) is 29.2 Å². The van der Waals surface area contributed by atoms with Crippen molar-refractivity contribution in [2.75, 3.05) is 16.8 Å². The Morgan fingerprint density at radius 1 is 1.21 bits per heavy atom. The molecule has 2 aliphatic rings.